The molecule has 3 nitrogen and oxygen atoms in total. The largest absolute Gasteiger partial charge is 0.465 e. The van der Waals surface area contributed by atoms with Crippen LogP contribution in [0.1, 0.15) is 22.8 Å². The normalized spacial score (nSPS) is 10.7. The molecule has 1 heterocycles. The standard InChI is InChI=1S/C13H15NO2S/c1-3-17-8-10-7-14-12-5-4-9(6-11(10)12)13(15)16-2/h4-7,14H,3,8H2,1-2H3. The topological polar surface area (TPSA) is 42.1 Å². The zero-order valence-electron chi connectivity index (χ0n) is 9.95. The van der Waals surface area contributed by atoms with Crippen LogP contribution < -0.4 is 0 Å². The van der Waals surface area contributed by atoms with E-state index in [1.807, 2.05) is 30.1 Å². The van der Waals surface area contributed by atoms with Gasteiger partial charge in [0.1, 0.15) is 0 Å². The minimum Gasteiger partial charge on any atom is -0.465 e. The molecule has 90 valence electrons. The summed E-state index contributed by atoms with van der Waals surface area (Å²) >= 11 is 1.86. The lowest BCUT2D eigenvalue weighted by Gasteiger charge is -2.01. The maximum absolute atomic E-state index is 11.5. The van der Waals surface area contributed by atoms with E-state index < -0.39 is 0 Å². The average Bonchev–Trinajstić information content (AvgIpc) is 2.77. The van der Waals surface area contributed by atoms with Crippen LogP contribution in [0.25, 0.3) is 10.9 Å². The first-order valence-electron chi connectivity index (χ1n) is 5.52. The second kappa shape index (κ2) is 5.27. The summed E-state index contributed by atoms with van der Waals surface area (Å²) in [4.78, 5) is 14.7. The Morgan fingerprint density at radius 3 is 3.00 bits per heavy atom. The lowest BCUT2D eigenvalue weighted by atomic mass is 10.1. The molecule has 0 aliphatic rings. The van der Waals surface area contributed by atoms with Crippen molar-refractivity contribution in [1.82, 2.24) is 4.98 Å². The third-order valence-electron chi connectivity index (χ3n) is 2.65. The number of ether oxygens (including phenoxy) is 1. The van der Waals surface area contributed by atoms with Gasteiger partial charge in [-0.2, -0.15) is 11.8 Å². The summed E-state index contributed by atoms with van der Waals surface area (Å²) < 4.78 is 4.73. The molecule has 2 rings (SSSR count). The van der Waals surface area contributed by atoms with Crippen LogP contribution in [0.2, 0.25) is 0 Å². The van der Waals surface area contributed by atoms with E-state index in [9.17, 15) is 4.79 Å². The molecule has 0 atom stereocenters. The molecule has 0 saturated heterocycles. The molecule has 17 heavy (non-hydrogen) atoms. The minimum atomic E-state index is -0.290. The van der Waals surface area contributed by atoms with Crippen LogP contribution in [-0.4, -0.2) is 23.8 Å². The number of aromatic amines is 1. The molecule has 0 aliphatic carbocycles. The first-order valence-corrected chi connectivity index (χ1v) is 6.67. The number of esters is 1. The number of benzene rings is 1. The molecule has 1 aromatic heterocycles. The lowest BCUT2D eigenvalue weighted by Crippen LogP contribution is -2.00. The summed E-state index contributed by atoms with van der Waals surface area (Å²) in [5.41, 5.74) is 2.89. The molecule has 0 spiro atoms. The summed E-state index contributed by atoms with van der Waals surface area (Å²) in [7, 11) is 1.40. The second-order valence-electron chi connectivity index (χ2n) is 3.70. The number of carbonyl (C=O) groups is 1. The van der Waals surface area contributed by atoms with Crippen LogP contribution in [0, 0.1) is 0 Å². The summed E-state index contributed by atoms with van der Waals surface area (Å²) in [5, 5.41) is 1.11. The molecule has 0 aliphatic heterocycles. The van der Waals surface area contributed by atoms with Gasteiger partial charge in [0.05, 0.1) is 12.7 Å². The molecular formula is C13H15NO2S. The first-order chi connectivity index (χ1) is 8.26. The van der Waals surface area contributed by atoms with Gasteiger partial charge in [-0.25, -0.2) is 4.79 Å². The highest BCUT2D eigenvalue weighted by Gasteiger charge is 2.09. The predicted molar refractivity (Wildman–Crippen MR) is 71.5 cm³/mol. The molecule has 2 aromatic rings. The van der Waals surface area contributed by atoms with Crippen LogP contribution in [0.3, 0.4) is 0 Å². The predicted octanol–water partition coefficient (Wildman–Crippen LogP) is 3.21. The van der Waals surface area contributed by atoms with Gasteiger partial charge in [-0.1, -0.05) is 6.92 Å². The number of H-pyrrole nitrogens is 1. The van der Waals surface area contributed by atoms with Gasteiger partial charge < -0.3 is 9.72 Å². The quantitative estimate of drug-likeness (QED) is 0.846. The summed E-state index contributed by atoms with van der Waals surface area (Å²) in [6, 6.07) is 5.59. The Hall–Kier alpha value is -1.42. The Morgan fingerprint density at radius 1 is 1.47 bits per heavy atom. The number of aromatic nitrogens is 1. The van der Waals surface area contributed by atoms with Gasteiger partial charge in [0.25, 0.3) is 0 Å². The third-order valence-corrected chi connectivity index (χ3v) is 3.57. The summed E-state index contributed by atoms with van der Waals surface area (Å²) in [6.07, 6.45) is 2.01. The number of carbonyl (C=O) groups excluding carboxylic acids is 1. The smallest absolute Gasteiger partial charge is 0.337 e. The van der Waals surface area contributed by atoms with Gasteiger partial charge in [-0.3, -0.25) is 0 Å². The number of thioether (sulfide) groups is 1. The zero-order valence-corrected chi connectivity index (χ0v) is 10.8. The Morgan fingerprint density at radius 2 is 2.29 bits per heavy atom. The maximum atomic E-state index is 11.5. The Bertz CT molecular complexity index is 533. The fourth-order valence-electron chi connectivity index (χ4n) is 1.75. The van der Waals surface area contributed by atoms with Gasteiger partial charge in [0, 0.05) is 22.9 Å². The van der Waals surface area contributed by atoms with E-state index >= 15 is 0 Å². The van der Waals surface area contributed by atoms with E-state index in [2.05, 4.69) is 11.9 Å². The SMILES string of the molecule is CCSCc1c[nH]c2ccc(C(=O)OC)cc12. The van der Waals surface area contributed by atoms with Crippen molar-refractivity contribution in [3.05, 3.63) is 35.5 Å². The van der Waals surface area contributed by atoms with E-state index in [1.54, 1.807) is 6.07 Å². The zero-order chi connectivity index (χ0) is 12.3. The number of hydrogen-bond donors (Lipinski definition) is 1. The molecule has 4 heteroatoms. The molecule has 1 aromatic carbocycles. The van der Waals surface area contributed by atoms with Crippen molar-refractivity contribution in [3.8, 4) is 0 Å². The maximum Gasteiger partial charge on any atom is 0.337 e. The van der Waals surface area contributed by atoms with Gasteiger partial charge in [0.2, 0.25) is 0 Å². The van der Waals surface area contributed by atoms with Crippen molar-refractivity contribution < 1.29 is 9.53 Å². The Balaban J connectivity index is 2.39. The van der Waals surface area contributed by atoms with Gasteiger partial charge >= 0.3 is 5.97 Å². The van der Waals surface area contributed by atoms with Crippen molar-refractivity contribution >= 4 is 28.6 Å². The van der Waals surface area contributed by atoms with E-state index in [0.29, 0.717) is 5.56 Å². The highest BCUT2D eigenvalue weighted by atomic mass is 32.2. The average molecular weight is 249 g/mol. The molecule has 0 bridgehead atoms. The van der Waals surface area contributed by atoms with Gasteiger partial charge in [0.15, 0.2) is 0 Å². The van der Waals surface area contributed by atoms with Crippen LogP contribution >= 0.6 is 11.8 Å². The molecule has 0 fully saturated rings. The number of hydrogen-bond acceptors (Lipinski definition) is 3. The highest BCUT2D eigenvalue weighted by molar-refractivity contribution is 7.98. The lowest BCUT2D eigenvalue weighted by molar-refractivity contribution is 0.0601. The fraction of sp³-hybridized carbons (Fsp3) is 0.308. The number of nitrogens with one attached hydrogen (secondary N) is 1. The number of fused-ring (bicyclic) bond motifs is 1. The first kappa shape index (κ1) is 12.0. The van der Waals surface area contributed by atoms with E-state index in [4.69, 9.17) is 4.74 Å². The van der Waals surface area contributed by atoms with E-state index in [-0.39, 0.29) is 5.97 Å². The molecule has 0 unspecified atom stereocenters. The summed E-state index contributed by atoms with van der Waals surface area (Å²) in [6.45, 7) is 2.14. The Kier molecular flexibility index (Phi) is 3.74. The molecule has 1 N–H and O–H groups in total. The molecule has 0 radical (unpaired) electrons. The Labute approximate surface area is 105 Å². The molecular weight excluding hydrogens is 234 g/mol. The van der Waals surface area contributed by atoms with Crippen LogP contribution in [0.4, 0.5) is 0 Å². The van der Waals surface area contributed by atoms with Crippen molar-refractivity contribution in [2.45, 2.75) is 12.7 Å². The van der Waals surface area contributed by atoms with Crippen LogP contribution in [0.5, 0.6) is 0 Å². The summed E-state index contributed by atoms with van der Waals surface area (Å²) in [5.74, 6) is 1.76. The van der Waals surface area contributed by atoms with Crippen LogP contribution in [-0.2, 0) is 10.5 Å². The van der Waals surface area contributed by atoms with E-state index in [1.165, 1.54) is 12.7 Å². The minimum absolute atomic E-state index is 0.290. The monoisotopic (exact) mass is 249 g/mol. The highest BCUT2D eigenvalue weighted by Crippen LogP contribution is 2.23. The van der Waals surface area contributed by atoms with Crippen molar-refractivity contribution in [3.63, 3.8) is 0 Å². The van der Waals surface area contributed by atoms with Gasteiger partial charge in [-0.05, 0) is 29.5 Å². The van der Waals surface area contributed by atoms with Crippen molar-refractivity contribution in [2.24, 2.45) is 0 Å². The van der Waals surface area contributed by atoms with Crippen molar-refractivity contribution in [2.75, 3.05) is 12.9 Å². The number of methoxy groups -OCH3 is 1. The molecule has 0 amide bonds. The third kappa shape index (κ3) is 2.47. The second-order valence-corrected chi connectivity index (χ2v) is 4.98. The fourth-order valence-corrected chi connectivity index (χ4v) is 2.42. The van der Waals surface area contributed by atoms with Crippen LogP contribution in [0.15, 0.2) is 24.4 Å². The van der Waals surface area contributed by atoms with Crippen molar-refractivity contribution in [1.29, 1.82) is 0 Å². The molecule has 0 saturated carbocycles. The number of rotatable bonds is 4. The van der Waals surface area contributed by atoms with Gasteiger partial charge in [-0.15, -0.1) is 0 Å². The van der Waals surface area contributed by atoms with E-state index in [0.717, 1.165) is 22.4 Å².